The third-order valence-electron chi connectivity index (χ3n) is 2.46. The topological polar surface area (TPSA) is 0 Å². The summed E-state index contributed by atoms with van der Waals surface area (Å²) in [7, 11) is 4.43. The first kappa shape index (κ1) is 8.25. The van der Waals surface area contributed by atoms with E-state index >= 15 is 0 Å². The van der Waals surface area contributed by atoms with Crippen LogP contribution < -0.4 is 0 Å². The highest BCUT2D eigenvalue weighted by Crippen LogP contribution is 2.45. The van der Waals surface area contributed by atoms with Gasteiger partial charge in [-0.15, -0.1) is 0 Å². The zero-order valence-electron chi connectivity index (χ0n) is 6.58. The second-order valence-electron chi connectivity index (χ2n) is 3.23. The van der Waals surface area contributed by atoms with Crippen molar-refractivity contribution in [2.75, 3.05) is 0 Å². The van der Waals surface area contributed by atoms with Gasteiger partial charge in [-0.1, -0.05) is 34.7 Å². The van der Waals surface area contributed by atoms with Crippen LogP contribution in [0.1, 0.15) is 43.3 Å². The minimum absolute atomic E-state index is 0.993. The van der Waals surface area contributed by atoms with Crippen LogP contribution >= 0.6 is 23.3 Å². The molecule has 1 aromatic heterocycles. The van der Waals surface area contributed by atoms with Crippen molar-refractivity contribution in [3.8, 4) is 0 Å². The zero-order valence-corrected chi connectivity index (χ0v) is 9.37. The molecule has 11 heavy (non-hydrogen) atoms. The number of hydrogen-bond donors (Lipinski definition) is 0. The highest BCUT2D eigenvalue weighted by atomic mass is 32.1. The van der Waals surface area contributed by atoms with Gasteiger partial charge in [0.2, 0.25) is 0 Å². The second kappa shape index (κ2) is 4.04. The predicted octanol–water partition coefficient (Wildman–Crippen LogP) is 4.93. The highest BCUT2D eigenvalue weighted by Gasteiger charge is 2.15. The van der Waals surface area contributed by atoms with E-state index in [1.807, 2.05) is 0 Å². The highest BCUT2D eigenvalue weighted by molar-refractivity contribution is 8.17. The molecule has 60 valence electrons. The molecular formula is C8H13P3. The molecule has 1 fully saturated rings. The molecule has 1 aliphatic rings. The lowest BCUT2D eigenvalue weighted by Gasteiger charge is -2.19. The van der Waals surface area contributed by atoms with Gasteiger partial charge in [0.1, 0.15) is 0 Å². The normalized spacial score (nSPS) is 22.5. The fraction of sp³-hybridized carbons (Fsp3) is 0.750. The fourth-order valence-corrected chi connectivity index (χ4v) is 7.81. The van der Waals surface area contributed by atoms with E-state index in [-0.39, 0.29) is 0 Å². The second-order valence-corrected chi connectivity index (χ2v) is 8.53. The number of hydrogen-bond acceptors (Lipinski definition) is 0. The molecular weight excluding hydrogens is 189 g/mol. The molecule has 1 atom stereocenters. The van der Waals surface area contributed by atoms with Gasteiger partial charge >= 0.3 is 0 Å². The summed E-state index contributed by atoms with van der Waals surface area (Å²) in [6.07, 6.45) is 7.42. The van der Waals surface area contributed by atoms with Gasteiger partial charge in [-0.25, -0.2) is 0 Å². The molecule has 1 unspecified atom stereocenters. The molecule has 1 saturated carbocycles. The van der Waals surface area contributed by atoms with Crippen molar-refractivity contribution in [2.24, 2.45) is 0 Å². The smallest absolute Gasteiger partial charge is 0.00866 e. The summed E-state index contributed by atoms with van der Waals surface area (Å²) in [6.45, 7) is 0. The summed E-state index contributed by atoms with van der Waals surface area (Å²) in [5.41, 5.74) is 0. The predicted molar refractivity (Wildman–Crippen MR) is 56.8 cm³/mol. The summed E-state index contributed by atoms with van der Waals surface area (Å²) in [5, 5.41) is 1.78. The minimum atomic E-state index is 0.993. The van der Waals surface area contributed by atoms with E-state index in [2.05, 4.69) is 5.80 Å². The van der Waals surface area contributed by atoms with Crippen LogP contribution in [0.3, 0.4) is 0 Å². The summed E-state index contributed by atoms with van der Waals surface area (Å²) in [5.74, 6) is 3.48. The van der Waals surface area contributed by atoms with Gasteiger partial charge in [0, 0.05) is 0 Å². The van der Waals surface area contributed by atoms with Crippen LogP contribution in [-0.2, 0) is 0 Å². The summed E-state index contributed by atoms with van der Waals surface area (Å²) in [6, 6.07) is 0. The van der Waals surface area contributed by atoms with Crippen LogP contribution in [0.2, 0.25) is 0 Å². The summed E-state index contributed by atoms with van der Waals surface area (Å²) in [4.78, 5) is 0. The monoisotopic (exact) mass is 202 g/mol. The molecule has 2 rings (SSSR count). The maximum atomic E-state index is 2.48. The largest absolute Gasteiger partial charge is 0.0815 e. The van der Waals surface area contributed by atoms with E-state index in [1.54, 1.807) is 21.0 Å². The average Bonchev–Trinajstić information content (AvgIpc) is 2.58. The fourth-order valence-electron chi connectivity index (χ4n) is 1.81. The molecule has 1 aliphatic carbocycles. The van der Waals surface area contributed by atoms with E-state index in [0.717, 1.165) is 5.92 Å². The Kier molecular flexibility index (Phi) is 3.03. The van der Waals surface area contributed by atoms with Gasteiger partial charge in [0.05, 0.1) is 0 Å². The Bertz CT molecular complexity index is 199. The molecule has 0 amide bonds. The van der Waals surface area contributed by atoms with Crippen molar-refractivity contribution in [3.63, 3.8) is 0 Å². The van der Waals surface area contributed by atoms with Crippen LogP contribution in [0.4, 0.5) is 0 Å². The first-order chi connectivity index (χ1) is 5.47. The van der Waals surface area contributed by atoms with E-state index in [4.69, 9.17) is 0 Å². The lowest BCUT2D eigenvalue weighted by atomic mass is 9.89. The Hall–Kier alpha value is 0.640. The SMILES string of the molecule is c1p[pH]pc1C1CCCCC1. The first-order valence-electron chi connectivity index (χ1n) is 4.32. The van der Waals surface area contributed by atoms with Crippen LogP contribution in [0, 0.1) is 0 Å². The van der Waals surface area contributed by atoms with Gasteiger partial charge in [0.25, 0.3) is 0 Å². The molecule has 0 radical (unpaired) electrons. The zero-order chi connectivity index (χ0) is 7.52. The van der Waals surface area contributed by atoms with E-state index < -0.39 is 0 Å². The Morgan fingerprint density at radius 1 is 1.27 bits per heavy atom. The maximum Gasteiger partial charge on any atom is -0.00866 e. The van der Waals surface area contributed by atoms with Gasteiger partial charge in [0.15, 0.2) is 0 Å². The molecule has 0 aromatic carbocycles. The molecule has 1 heterocycles. The molecule has 0 aliphatic heterocycles. The van der Waals surface area contributed by atoms with Gasteiger partial charge in [-0.3, -0.25) is 0 Å². The third kappa shape index (κ3) is 2.06. The van der Waals surface area contributed by atoms with E-state index in [1.165, 1.54) is 39.7 Å². The van der Waals surface area contributed by atoms with Gasteiger partial charge < -0.3 is 0 Å². The Balaban J connectivity index is 2.04. The van der Waals surface area contributed by atoms with Crippen LogP contribution in [0.5, 0.6) is 0 Å². The quantitative estimate of drug-likeness (QED) is 0.605. The molecule has 0 saturated heterocycles. The Morgan fingerprint density at radius 3 is 2.73 bits per heavy atom. The Morgan fingerprint density at radius 2 is 2.09 bits per heavy atom. The molecule has 3 heteroatoms. The standard InChI is InChI=1S/C8H13P3/c1-2-4-7(5-3-1)8-6-9-11-10-8/h6-7,11H,1-5H2. The lowest BCUT2D eigenvalue weighted by Crippen LogP contribution is -2.01. The minimum Gasteiger partial charge on any atom is -0.0815 e. The summed E-state index contributed by atoms with van der Waals surface area (Å²) >= 11 is 0. The first-order valence-corrected chi connectivity index (χ1v) is 8.86. The van der Waals surface area contributed by atoms with Crippen molar-refractivity contribution in [3.05, 3.63) is 11.1 Å². The van der Waals surface area contributed by atoms with E-state index in [0.29, 0.717) is 0 Å². The van der Waals surface area contributed by atoms with Crippen LogP contribution in [0.15, 0.2) is 5.80 Å². The Labute approximate surface area is 72.9 Å². The van der Waals surface area contributed by atoms with Gasteiger partial charge in [-0.05, 0) is 37.7 Å². The van der Waals surface area contributed by atoms with Crippen molar-refractivity contribution in [1.82, 2.24) is 0 Å². The van der Waals surface area contributed by atoms with Gasteiger partial charge in [-0.2, -0.15) is 0 Å². The van der Waals surface area contributed by atoms with Crippen LogP contribution in [0.25, 0.3) is 0 Å². The van der Waals surface area contributed by atoms with Crippen LogP contribution in [-0.4, -0.2) is 0 Å². The summed E-state index contributed by atoms with van der Waals surface area (Å²) < 4.78 is 0. The molecule has 1 aromatic rings. The van der Waals surface area contributed by atoms with E-state index in [9.17, 15) is 0 Å². The number of rotatable bonds is 1. The average molecular weight is 202 g/mol. The molecule has 0 nitrogen and oxygen atoms in total. The van der Waals surface area contributed by atoms with Crippen molar-refractivity contribution < 1.29 is 0 Å². The maximum absolute atomic E-state index is 2.48. The lowest BCUT2D eigenvalue weighted by molar-refractivity contribution is 0.449. The molecule has 0 N–H and O–H groups in total. The molecule has 0 bridgehead atoms. The molecule has 0 spiro atoms. The van der Waals surface area contributed by atoms with Crippen molar-refractivity contribution in [2.45, 2.75) is 38.0 Å². The third-order valence-corrected chi connectivity index (χ3v) is 7.78. The van der Waals surface area contributed by atoms with Crippen molar-refractivity contribution in [1.29, 1.82) is 0 Å². The van der Waals surface area contributed by atoms with Crippen molar-refractivity contribution >= 4 is 23.3 Å².